The second kappa shape index (κ2) is 7.69. The Morgan fingerprint density at radius 1 is 0.682 bits per heavy atom. The van der Waals surface area contributed by atoms with Gasteiger partial charge in [0.25, 0.3) is 0 Å². The van der Waals surface area contributed by atoms with E-state index in [2.05, 4.69) is 18.9 Å². The largest absolute Gasteiger partial charge is 0.300 e. The number of rotatable bonds is 0. The maximum Gasteiger partial charge on any atom is 0.0152 e. The lowest BCUT2D eigenvalue weighted by molar-refractivity contribution is 0.127. The zero-order chi connectivity index (χ0) is 15.4. The Balaban J connectivity index is 1.81. The summed E-state index contributed by atoms with van der Waals surface area (Å²) in [5.74, 6) is 0.986. The summed E-state index contributed by atoms with van der Waals surface area (Å²) in [6.45, 7) is 2.69. The van der Waals surface area contributed by atoms with E-state index in [9.17, 15) is 0 Å². The van der Waals surface area contributed by atoms with Crippen LogP contribution in [0.5, 0.6) is 0 Å². The quantitative estimate of drug-likeness (QED) is 0.517. The molecular weight excluding hydrogens is 266 g/mol. The van der Waals surface area contributed by atoms with Gasteiger partial charge < -0.3 is 0 Å². The topological polar surface area (TPSA) is 3.24 Å². The number of fused-ring (bicyclic) bond motifs is 3. The Kier molecular flexibility index (Phi) is 5.87. The number of hydrogen-bond donors (Lipinski definition) is 0. The van der Waals surface area contributed by atoms with Gasteiger partial charge in [0.2, 0.25) is 0 Å². The molecule has 0 amide bonds. The summed E-state index contributed by atoms with van der Waals surface area (Å²) < 4.78 is 0. The fraction of sp³-hybridized carbons (Fsp3) is 1.00. The third-order valence-corrected chi connectivity index (χ3v) is 7.55. The summed E-state index contributed by atoms with van der Waals surface area (Å²) in [4.78, 5) is 2.87. The van der Waals surface area contributed by atoms with E-state index in [0.29, 0.717) is 5.41 Å². The molecule has 0 aromatic rings. The summed E-state index contributed by atoms with van der Waals surface area (Å²) in [5.41, 5.74) is 0.612. The molecule has 2 aliphatic carbocycles. The van der Waals surface area contributed by atoms with Gasteiger partial charge in [-0.3, -0.25) is 4.90 Å². The molecule has 0 aromatic heterocycles. The predicted octanol–water partition coefficient (Wildman–Crippen LogP) is 6.17. The maximum atomic E-state index is 2.87. The molecule has 4 atom stereocenters. The van der Waals surface area contributed by atoms with E-state index < -0.39 is 0 Å². The molecule has 1 saturated heterocycles. The van der Waals surface area contributed by atoms with E-state index in [-0.39, 0.29) is 0 Å². The number of nitrogens with zero attached hydrogens (tertiary/aromatic N) is 1. The molecule has 0 bridgehead atoms. The second-order valence-corrected chi connectivity index (χ2v) is 8.87. The van der Waals surface area contributed by atoms with Crippen LogP contribution in [0.1, 0.15) is 103 Å². The minimum atomic E-state index is 0.612. The first kappa shape index (κ1) is 16.8. The minimum Gasteiger partial charge on any atom is -0.300 e. The van der Waals surface area contributed by atoms with Gasteiger partial charge in [0, 0.05) is 12.1 Å². The van der Waals surface area contributed by atoms with Gasteiger partial charge in [-0.25, -0.2) is 0 Å². The summed E-state index contributed by atoms with van der Waals surface area (Å²) in [5, 5.41) is 0. The lowest BCUT2D eigenvalue weighted by Gasteiger charge is -2.38. The smallest absolute Gasteiger partial charge is 0.0152 e. The molecule has 0 N–H and O–H groups in total. The third kappa shape index (κ3) is 3.40. The SMILES string of the molecule is CN1C2CCCCCCCC2C2(C)CCCCCCCCC12. The monoisotopic (exact) mass is 305 g/mol. The molecule has 1 nitrogen and oxygen atoms in total. The normalized spacial score (nSPS) is 42.5. The summed E-state index contributed by atoms with van der Waals surface area (Å²) >= 11 is 0. The fourth-order valence-electron chi connectivity index (χ4n) is 6.28. The highest BCUT2D eigenvalue weighted by molar-refractivity contribution is 5.05. The first-order valence-electron chi connectivity index (χ1n) is 10.5. The van der Waals surface area contributed by atoms with Crippen molar-refractivity contribution in [1.82, 2.24) is 4.90 Å². The summed E-state index contributed by atoms with van der Waals surface area (Å²) in [6.07, 6.45) is 22.3. The van der Waals surface area contributed by atoms with Gasteiger partial charge in [-0.05, 0) is 44.1 Å². The van der Waals surface area contributed by atoms with Gasteiger partial charge >= 0.3 is 0 Å². The van der Waals surface area contributed by atoms with Crippen LogP contribution < -0.4 is 0 Å². The highest BCUT2D eigenvalue weighted by atomic mass is 15.2. The molecule has 1 heterocycles. The van der Waals surface area contributed by atoms with Crippen LogP contribution in [0.15, 0.2) is 0 Å². The van der Waals surface area contributed by atoms with Crippen LogP contribution in [0.25, 0.3) is 0 Å². The Bertz CT molecular complexity index is 339. The van der Waals surface area contributed by atoms with E-state index in [1.165, 1.54) is 96.3 Å². The van der Waals surface area contributed by atoms with Crippen molar-refractivity contribution in [3.8, 4) is 0 Å². The van der Waals surface area contributed by atoms with E-state index in [4.69, 9.17) is 0 Å². The Morgan fingerprint density at radius 3 is 1.95 bits per heavy atom. The summed E-state index contributed by atoms with van der Waals surface area (Å²) in [7, 11) is 2.48. The molecule has 1 heteroatoms. The Hall–Kier alpha value is -0.0400. The number of hydrogen-bond acceptors (Lipinski definition) is 1. The maximum absolute atomic E-state index is 2.87. The predicted molar refractivity (Wildman–Crippen MR) is 96.2 cm³/mol. The molecule has 128 valence electrons. The van der Waals surface area contributed by atoms with Crippen molar-refractivity contribution in [2.45, 2.75) is 115 Å². The molecule has 3 aliphatic rings. The Morgan fingerprint density at radius 2 is 1.23 bits per heavy atom. The second-order valence-electron chi connectivity index (χ2n) is 8.87. The highest BCUT2D eigenvalue weighted by Crippen LogP contribution is 2.53. The lowest BCUT2D eigenvalue weighted by Crippen LogP contribution is -2.38. The zero-order valence-corrected chi connectivity index (χ0v) is 15.3. The van der Waals surface area contributed by atoms with E-state index in [1.54, 1.807) is 0 Å². The van der Waals surface area contributed by atoms with Crippen molar-refractivity contribution >= 4 is 0 Å². The fourth-order valence-corrected chi connectivity index (χ4v) is 6.28. The van der Waals surface area contributed by atoms with Gasteiger partial charge in [0.15, 0.2) is 0 Å². The summed E-state index contributed by atoms with van der Waals surface area (Å²) in [6, 6.07) is 1.77. The van der Waals surface area contributed by atoms with E-state index >= 15 is 0 Å². The molecule has 2 saturated carbocycles. The van der Waals surface area contributed by atoms with Gasteiger partial charge in [0.1, 0.15) is 0 Å². The van der Waals surface area contributed by atoms with Gasteiger partial charge in [-0.1, -0.05) is 77.6 Å². The molecule has 4 unspecified atom stereocenters. The van der Waals surface area contributed by atoms with Crippen molar-refractivity contribution < 1.29 is 0 Å². The first-order valence-corrected chi connectivity index (χ1v) is 10.5. The van der Waals surface area contributed by atoms with E-state index in [0.717, 1.165) is 18.0 Å². The average Bonchev–Trinajstić information content (AvgIpc) is 2.79. The van der Waals surface area contributed by atoms with Crippen molar-refractivity contribution in [3.63, 3.8) is 0 Å². The van der Waals surface area contributed by atoms with Crippen LogP contribution in [0.2, 0.25) is 0 Å². The van der Waals surface area contributed by atoms with Crippen LogP contribution in [0, 0.1) is 11.3 Å². The first-order chi connectivity index (χ1) is 10.7. The van der Waals surface area contributed by atoms with Crippen molar-refractivity contribution in [2.24, 2.45) is 11.3 Å². The molecular formula is C21H39N. The van der Waals surface area contributed by atoms with Crippen LogP contribution in [-0.4, -0.2) is 24.0 Å². The van der Waals surface area contributed by atoms with Crippen LogP contribution in [-0.2, 0) is 0 Å². The molecule has 0 radical (unpaired) electrons. The van der Waals surface area contributed by atoms with Crippen LogP contribution in [0.3, 0.4) is 0 Å². The average molecular weight is 306 g/mol. The molecule has 1 aliphatic heterocycles. The van der Waals surface area contributed by atoms with Crippen molar-refractivity contribution in [3.05, 3.63) is 0 Å². The molecule has 0 spiro atoms. The van der Waals surface area contributed by atoms with Gasteiger partial charge in [-0.2, -0.15) is 0 Å². The number of likely N-dealkylation sites (tertiary alicyclic amines) is 1. The Labute approximate surface area is 139 Å². The molecule has 3 rings (SSSR count). The molecule has 3 fully saturated rings. The minimum absolute atomic E-state index is 0.612. The standard InChI is InChI=1S/C21H39N/c1-21-17-13-9-4-3-8-12-16-20(21)22(2)19-15-11-7-5-6-10-14-18(19)21/h18-20H,3-17H2,1-2H3. The third-order valence-electron chi connectivity index (χ3n) is 7.55. The molecule has 22 heavy (non-hydrogen) atoms. The van der Waals surface area contributed by atoms with Crippen molar-refractivity contribution in [1.29, 1.82) is 0 Å². The van der Waals surface area contributed by atoms with Crippen molar-refractivity contribution in [2.75, 3.05) is 7.05 Å². The van der Waals surface area contributed by atoms with Crippen LogP contribution in [0.4, 0.5) is 0 Å². The zero-order valence-electron chi connectivity index (χ0n) is 15.3. The van der Waals surface area contributed by atoms with Crippen LogP contribution >= 0.6 is 0 Å². The lowest BCUT2D eigenvalue weighted by atomic mass is 9.66. The molecule has 0 aromatic carbocycles. The van der Waals surface area contributed by atoms with E-state index in [1.807, 2.05) is 0 Å². The van der Waals surface area contributed by atoms with Gasteiger partial charge in [-0.15, -0.1) is 0 Å². The van der Waals surface area contributed by atoms with Gasteiger partial charge in [0.05, 0.1) is 0 Å². The highest BCUT2D eigenvalue weighted by Gasteiger charge is 2.53.